The molecule has 0 amide bonds. The van der Waals surface area contributed by atoms with Crippen molar-refractivity contribution in [3.05, 3.63) is 0 Å². The van der Waals surface area contributed by atoms with Gasteiger partial charge >= 0.3 is 5.97 Å². The van der Waals surface area contributed by atoms with E-state index in [1.165, 1.54) is 0 Å². The van der Waals surface area contributed by atoms with Gasteiger partial charge in [0.2, 0.25) is 0 Å². The highest BCUT2D eigenvalue weighted by molar-refractivity contribution is 5.72. The molecule has 1 saturated heterocycles. The van der Waals surface area contributed by atoms with E-state index in [1.54, 1.807) is 0 Å². The summed E-state index contributed by atoms with van der Waals surface area (Å²) in [5.41, 5.74) is 5.49. The molecular formula is C12H25N3O2. The van der Waals surface area contributed by atoms with Crippen LogP contribution in [0.1, 0.15) is 20.3 Å². The molecule has 17 heavy (non-hydrogen) atoms. The molecule has 1 heterocycles. The standard InChI is InChI=1S/C12H25N3O2/c1-10(2)9-15-7-5-14(6-8-15)4-3-11(13)12(16)17/h10-11H,3-9,13H2,1-2H3,(H,16,17). The molecular weight excluding hydrogens is 218 g/mol. The normalized spacial score (nSPS) is 20.7. The van der Waals surface area contributed by atoms with Crippen molar-refractivity contribution in [3.63, 3.8) is 0 Å². The Hall–Kier alpha value is -0.650. The summed E-state index contributed by atoms with van der Waals surface area (Å²) in [4.78, 5) is 15.4. The van der Waals surface area contributed by atoms with E-state index in [4.69, 9.17) is 10.8 Å². The van der Waals surface area contributed by atoms with E-state index in [9.17, 15) is 4.79 Å². The number of nitrogens with two attached hydrogens (primary N) is 1. The zero-order chi connectivity index (χ0) is 12.8. The Balaban J connectivity index is 2.17. The highest BCUT2D eigenvalue weighted by Crippen LogP contribution is 2.06. The number of hydrogen-bond acceptors (Lipinski definition) is 4. The van der Waals surface area contributed by atoms with Crippen molar-refractivity contribution in [1.29, 1.82) is 0 Å². The number of aliphatic carboxylic acids is 1. The van der Waals surface area contributed by atoms with Crippen LogP contribution in [0.4, 0.5) is 0 Å². The summed E-state index contributed by atoms with van der Waals surface area (Å²) in [6.07, 6.45) is 0.541. The fraction of sp³-hybridized carbons (Fsp3) is 0.917. The molecule has 100 valence electrons. The maximum Gasteiger partial charge on any atom is 0.320 e. The predicted octanol–water partition coefficient (Wildman–Crippen LogP) is 0.0620. The molecule has 5 heteroatoms. The smallest absolute Gasteiger partial charge is 0.320 e. The van der Waals surface area contributed by atoms with E-state index in [0.717, 1.165) is 39.3 Å². The number of carbonyl (C=O) groups is 1. The first kappa shape index (κ1) is 14.4. The van der Waals surface area contributed by atoms with Crippen LogP contribution in [0.2, 0.25) is 0 Å². The number of carboxylic acid groups (broad SMARTS) is 1. The minimum absolute atomic E-state index is 0.541. The van der Waals surface area contributed by atoms with E-state index >= 15 is 0 Å². The summed E-state index contributed by atoms with van der Waals surface area (Å²) in [6, 6.07) is -0.719. The molecule has 0 aromatic heterocycles. The van der Waals surface area contributed by atoms with Crippen LogP contribution in [0, 0.1) is 5.92 Å². The summed E-state index contributed by atoms with van der Waals surface area (Å²) in [7, 11) is 0. The van der Waals surface area contributed by atoms with Crippen molar-refractivity contribution in [3.8, 4) is 0 Å². The lowest BCUT2D eigenvalue weighted by atomic mass is 10.1. The van der Waals surface area contributed by atoms with Crippen LogP contribution >= 0.6 is 0 Å². The van der Waals surface area contributed by atoms with Gasteiger partial charge in [0.1, 0.15) is 6.04 Å². The largest absolute Gasteiger partial charge is 0.480 e. The Labute approximate surface area is 104 Å². The maximum absolute atomic E-state index is 10.6. The monoisotopic (exact) mass is 243 g/mol. The molecule has 0 radical (unpaired) electrons. The van der Waals surface area contributed by atoms with Crippen LogP contribution < -0.4 is 5.73 Å². The van der Waals surface area contributed by atoms with Crippen LogP contribution in [0.3, 0.4) is 0 Å². The fourth-order valence-electron chi connectivity index (χ4n) is 2.16. The van der Waals surface area contributed by atoms with Gasteiger partial charge < -0.3 is 20.6 Å². The minimum atomic E-state index is -0.900. The molecule has 1 rings (SSSR count). The van der Waals surface area contributed by atoms with Gasteiger partial charge in [0.15, 0.2) is 0 Å². The third kappa shape index (κ3) is 5.48. The lowest BCUT2D eigenvalue weighted by molar-refractivity contribution is -0.138. The second kappa shape index (κ2) is 6.93. The summed E-state index contributed by atoms with van der Waals surface area (Å²) in [5, 5.41) is 8.70. The molecule has 1 unspecified atom stereocenters. The number of nitrogens with zero attached hydrogens (tertiary/aromatic N) is 2. The van der Waals surface area contributed by atoms with Gasteiger partial charge in [-0.25, -0.2) is 0 Å². The third-order valence-corrected chi connectivity index (χ3v) is 3.16. The molecule has 0 aromatic carbocycles. The Kier molecular flexibility index (Phi) is 5.88. The Morgan fingerprint density at radius 3 is 2.24 bits per heavy atom. The van der Waals surface area contributed by atoms with Gasteiger partial charge in [0, 0.05) is 39.3 Å². The van der Waals surface area contributed by atoms with Crippen molar-refractivity contribution in [2.45, 2.75) is 26.3 Å². The van der Waals surface area contributed by atoms with Gasteiger partial charge in [-0.15, -0.1) is 0 Å². The average molecular weight is 243 g/mol. The number of hydrogen-bond donors (Lipinski definition) is 2. The second-order valence-electron chi connectivity index (χ2n) is 5.27. The summed E-state index contributed by atoms with van der Waals surface area (Å²) in [6.45, 7) is 10.6. The van der Waals surface area contributed by atoms with Crippen molar-refractivity contribution in [2.24, 2.45) is 11.7 Å². The van der Waals surface area contributed by atoms with Crippen molar-refractivity contribution in [1.82, 2.24) is 9.80 Å². The highest BCUT2D eigenvalue weighted by Gasteiger charge is 2.19. The summed E-state index contributed by atoms with van der Waals surface area (Å²) >= 11 is 0. The predicted molar refractivity (Wildman–Crippen MR) is 67.9 cm³/mol. The zero-order valence-corrected chi connectivity index (χ0v) is 10.9. The van der Waals surface area contributed by atoms with Crippen LogP contribution in [-0.2, 0) is 4.79 Å². The van der Waals surface area contributed by atoms with Crippen LogP contribution in [0.25, 0.3) is 0 Å². The fourth-order valence-corrected chi connectivity index (χ4v) is 2.16. The number of piperazine rings is 1. The Bertz CT molecular complexity index is 238. The molecule has 1 aliphatic rings. The first-order valence-corrected chi connectivity index (χ1v) is 6.42. The number of rotatable bonds is 6. The van der Waals surface area contributed by atoms with Gasteiger partial charge in [-0.3, -0.25) is 4.79 Å². The van der Waals surface area contributed by atoms with Crippen LogP contribution in [0.15, 0.2) is 0 Å². The van der Waals surface area contributed by atoms with E-state index in [1.807, 2.05) is 0 Å². The van der Waals surface area contributed by atoms with Gasteiger partial charge in [-0.05, 0) is 12.3 Å². The Morgan fingerprint density at radius 2 is 1.76 bits per heavy atom. The quantitative estimate of drug-likeness (QED) is 0.690. The lowest BCUT2D eigenvalue weighted by Crippen LogP contribution is -2.48. The summed E-state index contributed by atoms with van der Waals surface area (Å²) < 4.78 is 0. The molecule has 5 nitrogen and oxygen atoms in total. The molecule has 0 spiro atoms. The van der Waals surface area contributed by atoms with E-state index in [-0.39, 0.29) is 0 Å². The first-order chi connectivity index (χ1) is 7.99. The topological polar surface area (TPSA) is 69.8 Å². The summed E-state index contributed by atoms with van der Waals surface area (Å²) in [5.74, 6) is -0.189. The molecule has 1 aliphatic heterocycles. The number of carboxylic acids is 1. The molecule has 0 aromatic rings. The highest BCUT2D eigenvalue weighted by atomic mass is 16.4. The molecule has 1 fully saturated rings. The lowest BCUT2D eigenvalue weighted by Gasteiger charge is -2.35. The van der Waals surface area contributed by atoms with E-state index in [0.29, 0.717) is 12.3 Å². The average Bonchev–Trinajstić information content (AvgIpc) is 2.26. The molecule has 0 bridgehead atoms. The third-order valence-electron chi connectivity index (χ3n) is 3.16. The van der Waals surface area contributed by atoms with E-state index < -0.39 is 12.0 Å². The van der Waals surface area contributed by atoms with Gasteiger partial charge in [0.25, 0.3) is 0 Å². The maximum atomic E-state index is 10.6. The molecule has 0 aliphatic carbocycles. The van der Waals surface area contributed by atoms with Crippen molar-refractivity contribution >= 4 is 5.97 Å². The van der Waals surface area contributed by atoms with Gasteiger partial charge in [0.05, 0.1) is 0 Å². The van der Waals surface area contributed by atoms with Gasteiger partial charge in [-0.2, -0.15) is 0 Å². The Morgan fingerprint density at radius 1 is 1.24 bits per heavy atom. The molecule has 0 saturated carbocycles. The van der Waals surface area contributed by atoms with Crippen molar-refractivity contribution < 1.29 is 9.90 Å². The molecule has 3 N–H and O–H groups in total. The van der Waals surface area contributed by atoms with E-state index in [2.05, 4.69) is 23.6 Å². The first-order valence-electron chi connectivity index (χ1n) is 6.42. The minimum Gasteiger partial charge on any atom is -0.480 e. The zero-order valence-electron chi connectivity index (χ0n) is 10.9. The SMILES string of the molecule is CC(C)CN1CCN(CCC(N)C(=O)O)CC1. The van der Waals surface area contributed by atoms with Gasteiger partial charge in [-0.1, -0.05) is 13.8 Å². The van der Waals surface area contributed by atoms with Crippen LogP contribution in [-0.4, -0.2) is 66.2 Å². The van der Waals surface area contributed by atoms with Crippen LogP contribution in [0.5, 0.6) is 0 Å². The molecule has 1 atom stereocenters. The second-order valence-corrected chi connectivity index (χ2v) is 5.27. The van der Waals surface area contributed by atoms with Crippen molar-refractivity contribution in [2.75, 3.05) is 39.3 Å².